The fourth-order valence-corrected chi connectivity index (χ4v) is 2.02. The van der Waals surface area contributed by atoms with Crippen molar-refractivity contribution in [2.75, 3.05) is 6.54 Å². The summed E-state index contributed by atoms with van der Waals surface area (Å²) in [6.07, 6.45) is 1.68. The van der Waals surface area contributed by atoms with Crippen LogP contribution in [0.1, 0.15) is 24.4 Å². The Hall–Kier alpha value is -0.280. The Bertz CT molecular complexity index is 282. The zero-order valence-corrected chi connectivity index (χ0v) is 9.35. The Morgan fingerprint density at radius 3 is 2.29 bits per heavy atom. The highest BCUT2D eigenvalue weighted by Crippen LogP contribution is 2.30. The predicted octanol–water partition coefficient (Wildman–Crippen LogP) is 2.73. The van der Waals surface area contributed by atoms with Crippen molar-refractivity contribution in [3.63, 3.8) is 0 Å². The van der Waals surface area contributed by atoms with E-state index in [1.54, 1.807) is 12.1 Å². The molecule has 0 radical (unpaired) electrons. The van der Waals surface area contributed by atoms with Gasteiger partial charge in [0, 0.05) is 21.7 Å². The van der Waals surface area contributed by atoms with E-state index in [2.05, 4.69) is 0 Å². The van der Waals surface area contributed by atoms with Gasteiger partial charge in [-0.3, -0.25) is 0 Å². The molecule has 2 nitrogen and oxygen atoms in total. The lowest BCUT2D eigenvalue weighted by molar-refractivity contribution is 0.618. The van der Waals surface area contributed by atoms with Crippen molar-refractivity contribution in [1.82, 2.24) is 0 Å². The third-order valence-electron chi connectivity index (χ3n) is 2.09. The third-order valence-corrected chi connectivity index (χ3v) is 2.75. The summed E-state index contributed by atoms with van der Waals surface area (Å²) in [6.45, 7) is 0.635. The smallest absolute Gasteiger partial charge is 0.0468 e. The Kier molecular flexibility index (Phi) is 4.69. The molecule has 1 aromatic rings. The van der Waals surface area contributed by atoms with Gasteiger partial charge in [-0.1, -0.05) is 29.3 Å². The summed E-state index contributed by atoms with van der Waals surface area (Å²) in [5, 5.41) is 1.25. The first-order chi connectivity index (χ1) is 6.66. The molecule has 0 unspecified atom stereocenters. The molecule has 0 aromatic heterocycles. The molecule has 0 amide bonds. The van der Waals surface area contributed by atoms with E-state index in [9.17, 15) is 0 Å². The topological polar surface area (TPSA) is 52.0 Å². The second-order valence-electron chi connectivity index (χ2n) is 3.17. The van der Waals surface area contributed by atoms with Crippen molar-refractivity contribution in [2.24, 2.45) is 11.5 Å². The average molecular weight is 233 g/mol. The van der Waals surface area contributed by atoms with E-state index in [1.807, 2.05) is 6.07 Å². The number of hydrogen-bond donors (Lipinski definition) is 2. The van der Waals surface area contributed by atoms with Gasteiger partial charge in [0.1, 0.15) is 0 Å². The van der Waals surface area contributed by atoms with Crippen LogP contribution in [0, 0.1) is 0 Å². The molecule has 0 saturated heterocycles. The van der Waals surface area contributed by atoms with Crippen LogP contribution in [0.15, 0.2) is 18.2 Å². The number of hydrogen-bond acceptors (Lipinski definition) is 2. The maximum atomic E-state index is 6.01. The number of halogens is 2. The van der Waals surface area contributed by atoms with Crippen LogP contribution in [0.5, 0.6) is 0 Å². The van der Waals surface area contributed by atoms with Gasteiger partial charge in [0.15, 0.2) is 0 Å². The van der Waals surface area contributed by atoms with E-state index < -0.39 is 0 Å². The maximum absolute atomic E-state index is 6.01. The lowest BCUT2D eigenvalue weighted by Crippen LogP contribution is -2.13. The van der Waals surface area contributed by atoms with Crippen molar-refractivity contribution in [3.05, 3.63) is 33.8 Å². The van der Waals surface area contributed by atoms with Crippen molar-refractivity contribution < 1.29 is 0 Å². The molecule has 0 bridgehead atoms. The largest absolute Gasteiger partial charge is 0.330 e. The van der Waals surface area contributed by atoms with E-state index in [1.165, 1.54) is 0 Å². The van der Waals surface area contributed by atoms with Crippen LogP contribution in [0.4, 0.5) is 0 Å². The van der Waals surface area contributed by atoms with Crippen molar-refractivity contribution in [2.45, 2.75) is 18.9 Å². The highest BCUT2D eigenvalue weighted by molar-refractivity contribution is 6.36. The van der Waals surface area contributed by atoms with Gasteiger partial charge in [-0.15, -0.1) is 0 Å². The van der Waals surface area contributed by atoms with Crippen LogP contribution in [0.3, 0.4) is 0 Å². The SMILES string of the molecule is NCCC[C@@H](N)c1c(Cl)cccc1Cl. The van der Waals surface area contributed by atoms with Crippen LogP contribution >= 0.6 is 23.2 Å². The van der Waals surface area contributed by atoms with Crippen molar-refractivity contribution in [1.29, 1.82) is 0 Å². The molecule has 1 aromatic carbocycles. The van der Waals surface area contributed by atoms with Crippen LogP contribution in [-0.2, 0) is 0 Å². The highest BCUT2D eigenvalue weighted by atomic mass is 35.5. The van der Waals surface area contributed by atoms with Gasteiger partial charge in [0.2, 0.25) is 0 Å². The Labute approximate surface area is 94.2 Å². The number of nitrogens with two attached hydrogens (primary N) is 2. The molecule has 0 aliphatic heterocycles. The summed E-state index contributed by atoms with van der Waals surface area (Å²) < 4.78 is 0. The normalized spacial score (nSPS) is 12.9. The first-order valence-corrected chi connectivity index (χ1v) is 5.32. The molecule has 0 saturated carbocycles. The van der Waals surface area contributed by atoms with Gasteiger partial charge in [-0.05, 0) is 31.5 Å². The van der Waals surface area contributed by atoms with Crippen molar-refractivity contribution in [3.8, 4) is 0 Å². The standard InChI is InChI=1S/C10H14Cl2N2/c11-7-3-1-4-8(12)10(7)9(14)5-2-6-13/h1,3-4,9H,2,5-6,13-14H2/t9-/m1/s1. The first-order valence-electron chi connectivity index (χ1n) is 4.56. The van der Waals surface area contributed by atoms with E-state index in [4.69, 9.17) is 34.7 Å². The summed E-state index contributed by atoms with van der Waals surface area (Å²) in [4.78, 5) is 0. The van der Waals surface area contributed by atoms with Gasteiger partial charge >= 0.3 is 0 Å². The minimum atomic E-state index is -0.125. The molecule has 1 rings (SSSR count). The van der Waals surface area contributed by atoms with Gasteiger partial charge in [0.05, 0.1) is 0 Å². The molecule has 4 heteroatoms. The van der Waals surface area contributed by atoms with Gasteiger partial charge in [-0.25, -0.2) is 0 Å². The summed E-state index contributed by atoms with van der Waals surface area (Å²) in [6, 6.07) is 5.28. The third kappa shape index (κ3) is 2.85. The Balaban J connectivity index is 2.82. The average Bonchev–Trinajstić information content (AvgIpc) is 2.14. The summed E-state index contributed by atoms with van der Waals surface area (Å²) >= 11 is 12.0. The molecule has 4 N–H and O–H groups in total. The molecule has 0 spiro atoms. The van der Waals surface area contributed by atoms with Crippen LogP contribution in [-0.4, -0.2) is 6.54 Å². The van der Waals surface area contributed by atoms with Gasteiger partial charge in [0.25, 0.3) is 0 Å². The predicted molar refractivity (Wildman–Crippen MR) is 61.7 cm³/mol. The molecule has 78 valence electrons. The van der Waals surface area contributed by atoms with E-state index in [-0.39, 0.29) is 6.04 Å². The van der Waals surface area contributed by atoms with E-state index >= 15 is 0 Å². The Morgan fingerprint density at radius 2 is 1.79 bits per heavy atom. The highest BCUT2D eigenvalue weighted by Gasteiger charge is 2.12. The summed E-state index contributed by atoms with van der Waals surface area (Å²) in [5.41, 5.74) is 12.2. The molecule has 14 heavy (non-hydrogen) atoms. The molecule has 0 aliphatic carbocycles. The van der Waals surface area contributed by atoms with Crippen LogP contribution in [0.25, 0.3) is 0 Å². The van der Waals surface area contributed by atoms with Gasteiger partial charge < -0.3 is 11.5 Å². The fourth-order valence-electron chi connectivity index (χ4n) is 1.35. The molecule has 0 fully saturated rings. The van der Waals surface area contributed by atoms with Crippen LogP contribution < -0.4 is 11.5 Å². The number of rotatable bonds is 4. The maximum Gasteiger partial charge on any atom is 0.0468 e. The van der Waals surface area contributed by atoms with Crippen molar-refractivity contribution >= 4 is 23.2 Å². The monoisotopic (exact) mass is 232 g/mol. The zero-order chi connectivity index (χ0) is 10.6. The lowest BCUT2D eigenvalue weighted by atomic mass is 10.0. The second kappa shape index (κ2) is 5.56. The molecule has 1 atom stereocenters. The van der Waals surface area contributed by atoms with Gasteiger partial charge in [-0.2, -0.15) is 0 Å². The first kappa shape index (κ1) is 11.8. The fraction of sp³-hybridized carbons (Fsp3) is 0.400. The molecule has 0 aliphatic rings. The van der Waals surface area contributed by atoms with Crippen LogP contribution in [0.2, 0.25) is 10.0 Å². The molecular formula is C10H14Cl2N2. The summed E-state index contributed by atoms with van der Waals surface area (Å²) in [7, 11) is 0. The Morgan fingerprint density at radius 1 is 1.21 bits per heavy atom. The quantitative estimate of drug-likeness (QED) is 0.839. The zero-order valence-electron chi connectivity index (χ0n) is 7.84. The minimum Gasteiger partial charge on any atom is -0.330 e. The number of benzene rings is 1. The minimum absolute atomic E-state index is 0.125. The molecule has 0 heterocycles. The second-order valence-corrected chi connectivity index (χ2v) is 3.99. The van der Waals surface area contributed by atoms with E-state index in [0.29, 0.717) is 16.6 Å². The summed E-state index contributed by atoms with van der Waals surface area (Å²) in [5.74, 6) is 0. The molecular weight excluding hydrogens is 219 g/mol. The lowest BCUT2D eigenvalue weighted by Gasteiger charge is -2.14. The van der Waals surface area contributed by atoms with E-state index in [0.717, 1.165) is 18.4 Å².